The van der Waals surface area contributed by atoms with Gasteiger partial charge in [-0.25, -0.2) is 0 Å². The Kier molecular flexibility index (Phi) is 3.88. The van der Waals surface area contributed by atoms with E-state index in [4.69, 9.17) is 16.2 Å². The Labute approximate surface area is 83.5 Å². The van der Waals surface area contributed by atoms with Crippen molar-refractivity contribution in [1.29, 1.82) is 0 Å². The monoisotopic (exact) mass is 196 g/mol. The van der Waals surface area contributed by atoms with E-state index in [9.17, 15) is 5.11 Å². The molecule has 5 N–H and O–H groups in total. The molecule has 1 aromatic rings. The molecule has 0 aliphatic rings. The first-order chi connectivity index (χ1) is 6.69. The zero-order valence-electron chi connectivity index (χ0n) is 8.23. The lowest BCUT2D eigenvalue weighted by Gasteiger charge is -2.12. The van der Waals surface area contributed by atoms with E-state index in [1.807, 2.05) is 6.07 Å². The number of hydrogen-bond acceptors (Lipinski definition) is 4. The number of aromatic hydroxyl groups is 1. The second kappa shape index (κ2) is 4.95. The Morgan fingerprint density at radius 1 is 1.50 bits per heavy atom. The van der Waals surface area contributed by atoms with E-state index < -0.39 is 0 Å². The number of hydrogen-bond donors (Lipinski definition) is 3. The molecule has 4 heteroatoms. The van der Waals surface area contributed by atoms with Crippen molar-refractivity contribution >= 4 is 0 Å². The molecule has 0 bridgehead atoms. The molecule has 14 heavy (non-hydrogen) atoms. The summed E-state index contributed by atoms with van der Waals surface area (Å²) in [5.74, 6) is 0.183. The van der Waals surface area contributed by atoms with Crippen molar-refractivity contribution in [3.05, 3.63) is 29.3 Å². The zero-order valence-corrected chi connectivity index (χ0v) is 8.23. The van der Waals surface area contributed by atoms with Crippen LogP contribution in [0.25, 0.3) is 0 Å². The second-order valence-corrected chi connectivity index (χ2v) is 3.17. The third-order valence-corrected chi connectivity index (χ3v) is 2.06. The third-order valence-electron chi connectivity index (χ3n) is 2.06. The number of nitrogens with two attached hydrogens (primary N) is 2. The van der Waals surface area contributed by atoms with Gasteiger partial charge in [0.15, 0.2) is 0 Å². The van der Waals surface area contributed by atoms with Crippen LogP contribution in [0.4, 0.5) is 0 Å². The standard InChI is InChI=1S/C10H16N2O2/c1-14-6-7-2-3-10(13)8(4-7)9(12)5-11/h2-4,9,13H,5-6,11-12H2,1H3/t9-/m1/s1. The van der Waals surface area contributed by atoms with Gasteiger partial charge in [0, 0.05) is 25.3 Å². The van der Waals surface area contributed by atoms with Gasteiger partial charge < -0.3 is 21.3 Å². The first kappa shape index (κ1) is 11.0. The van der Waals surface area contributed by atoms with E-state index in [0.717, 1.165) is 5.56 Å². The first-order valence-corrected chi connectivity index (χ1v) is 4.45. The average molecular weight is 196 g/mol. The SMILES string of the molecule is COCc1ccc(O)c([C@H](N)CN)c1. The summed E-state index contributed by atoms with van der Waals surface area (Å²) >= 11 is 0. The number of phenolic OH excluding ortho intramolecular Hbond substituents is 1. The molecular formula is C10H16N2O2. The molecule has 0 radical (unpaired) electrons. The zero-order chi connectivity index (χ0) is 10.6. The fourth-order valence-corrected chi connectivity index (χ4v) is 1.28. The van der Waals surface area contributed by atoms with Crippen LogP contribution in [0.2, 0.25) is 0 Å². The van der Waals surface area contributed by atoms with E-state index in [1.165, 1.54) is 0 Å². The summed E-state index contributed by atoms with van der Waals surface area (Å²) in [4.78, 5) is 0. The van der Waals surface area contributed by atoms with Gasteiger partial charge in [0.1, 0.15) is 5.75 Å². The summed E-state index contributed by atoms with van der Waals surface area (Å²) < 4.78 is 4.98. The maximum Gasteiger partial charge on any atom is 0.120 e. The van der Waals surface area contributed by atoms with Crippen LogP contribution in [0.5, 0.6) is 5.75 Å². The lowest BCUT2D eigenvalue weighted by Crippen LogP contribution is -2.21. The van der Waals surface area contributed by atoms with Gasteiger partial charge in [-0.3, -0.25) is 0 Å². The fourth-order valence-electron chi connectivity index (χ4n) is 1.28. The lowest BCUT2D eigenvalue weighted by atomic mass is 10.0. The molecule has 1 rings (SSSR count). The van der Waals surface area contributed by atoms with Gasteiger partial charge >= 0.3 is 0 Å². The average Bonchev–Trinajstić information content (AvgIpc) is 2.20. The Morgan fingerprint density at radius 2 is 2.21 bits per heavy atom. The molecule has 0 saturated heterocycles. The van der Waals surface area contributed by atoms with Crippen LogP contribution in [0.3, 0.4) is 0 Å². The fraction of sp³-hybridized carbons (Fsp3) is 0.400. The molecular weight excluding hydrogens is 180 g/mol. The maximum atomic E-state index is 9.53. The molecule has 1 atom stereocenters. The van der Waals surface area contributed by atoms with Gasteiger partial charge in [-0.05, 0) is 17.7 Å². The smallest absolute Gasteiger partial charge is 0.120 e. The van der Waals surface area contributed by atoms with Crippen LogP contribution in [-0.4, -0.2) is 18.8 Å². The molecule has 1 aromatic carbocycles. The van der Waals surface area contributed by atoms with Crippen molar-refractivity contribution in [1.82, 2.24) is 0 Å². The largest absolute Gasteiger partial charge is 0.508 e. The van der Waals surface area contributed by atoms with Crippen molar-refractivity contribution in [3.8, 4) is 5.75 Å². The van der Waals surface area contributed by atoms with Gasteiger partial charge in [0.25, 0.3) is 0 Å². The van der Waals surface area contributed by atoms with E-state index in [-0.39, 0.29) is 11.8 Å². The van der Waals surface area contributed by atoms with Crippen LogP contribution >= 0.6 is 0 Å². The molecule has 0 heterocycles. The van der Waals surface area contributed by atoms with E-state index in [2.05, 4.69) is 0 Å². The quantitative estimate of drug-likeness (QED) is 0.655. The highest BCUT2D eigenvalue weighted by atomic mass is 16.5. The number of benzene rings is 1. The third kappa shape index (κ3) is 2.45. The summed E-state index contributed by atoms with van der Waals surface area (Å²) in [6.07, 6.45) is 0. The summed E-state index contributed by atoms with van der Waals surface area (Å²) in [7, 11) is 1.62. The molecule has 0 saturated carbocycles. The molecule has 4 nitrogen and oxygen atoms in total. The summed E-state index contributed by atoms with van der Waals surface area (Å²) in [6.45, 7) is 0.814. The molecule has 0 fully saturated rings. The highest BCUT2D eigenvalue weighted by Gasteiger charge is 2.09. The van der Waals surface area contributed by atoms with E-state index >= 15 is 0 Å². The van der Waals surface area contributed by atoms with Crippen LogP contribution in [0.1, 0.15) is 17.2 Å². The number of phenols is 1. The predicted octanol–water partition coefficient (Wildman–Crippen LogP) is 0.497. The minimum absolute atomic E-state index is 0.183. The topological polar surface area (TPSA) is 81.5 Å². The summed E-state index contributed by atoms with van der Waals surface area (Å²) in [6, 6.07) is 4.90. The van der Waals surface area contributed by atoms with Crippen LogP contribution in [-0.2, 0) is 11.3 Å². The second-order valence-electron chi connectivity index (χ2n) is 3.17. The number of rotatable bonds is 4. The highest BCUT2D eigenvalue weighted by Crippen LogP contribution is 2.23. The van der Waals surface area contributed by atoms with Crippen LogP contribution < -0.4 is 11.5 Å². The number of methoxy groups -OCH3 is 1. The molecule has 0 spiro atoms. The Balaban J connectivity index is 2.95. The van der Waals surface area contributed by atoms with Crippen molar-refractivity contribution in [2.45, 2.75) is 12.6 Å². The van der Waals surface area contributed by atoms with Gasteiger partial charge in [0.2, 0.25) is 0 Å². The highest BCUT2D eigenvalue weighted by molar-refractivity contribution is 5.38. The van der Waals surface area contributed by atoms with Crippen molar-refractivity contribution in [3.63, 3.8) is 0 Å². The minimum Gasteiger partial charge on any atom is -0.508 e. The Hall–Kier alpha value is -1.10. The first-order valence-electron chi connectivity index (χ1n) is 4.45. The molecule has 0 amide bonds. The van der Waals surface area contributed by atoms with E-state index in [1.54, 1.807) is 19.2 Å². The summed E-state index contributed by atoms with van der Waals surface area (Å²) in [5, 5.41) is 9.53. The molecule has 0 aliphatic carbocycles. The van der Waals surface area contributed by atoms with Crippen LogP contribution in [0, 0.1) is 0 Å². The lowest BCUT2D eigenvalue weighted by molar-refractivity contribution is 0.184. The molecule has 0 aromatic heterocycles. The van der Waals surface area contributed by atoms with Crippen molar-refractivity contribution in [2.75, 3.05) is 13.7 Å². The van der Waals surface area contributed by atoms with Gasteiger partial charge in [-0.15, -0.1) is 0 Å². The maximum absolute atomic E-state index is 9.53. The van der Waals surface area contributed by atoms with Crippen molar-refractivity contribution in [2.24, 2.45) is 11.5 Å². The molecule has 78 valence electrons. The van der Waals surface area contributed by atoms with Crippen LogP contribution in [0.15, 0.2) is 18.2 Å². The number of ether oxygens (including phenoxy) is 1. The Bertz CT molecular complexity index is 302. The van der Waals surface area contributed by atoms with E-state index in [0.29, 0.717) is 18.7 Å². The van der Waals surface area contributed by atoms with Crippen molar-refractivity contribution < 1.29 is 9.84 Å². The summed E-state index contributed by atoms with van der Waals surface area (Å²) in [5.41, 5.74) is 12.8. The minimum atomic E-state index is -0.327. The normalized spacial score (nSPS) is 12.8. The van der Waals surface area contributed by atoms with Gasteiger partial charge in [-0.2, -0.15) is 0 Å². The predicted molar refractivity (Wildman–Crippen MR) is 54.8 cm³/mol. The van der Waals surface area contributed by atoms with Gasteiger partial charge in [-0.1, -0.05) is 6.07 Å². The Morgan fingerprint density at radius 3 is 2.79 bits per heavy atom. The van der Waals surface area contributed by atoms with Gasteiger partial charge in [0.05, 0.1) is 6.61 Å². The molecule has 0 aliphatic heterocycles. The molecule has 0 unspecified atom stereocenters.